The van der Waals surface area contributed by atoms with Gasteiger partial charge in [-0.15, -0.1) is 0 Å². The number of rotatable bonds is 1. The van der Waals surface area contributed by atoms with Gasteiger partial charge in [-0.05, 0) is 12.1 Å². The number of amidine groups is 1. The molecule has 0 aromatic heterocycles. The predicted octanol–water partition coefficient (Wildman–Crippen LogP) is 0.960. The van der Waals surface area contributed by atoms with Crippen LogP contribution in [0.1, 0.15) is 5.56 Å². The standard InChI is InChI=1S/C10H11N3S/c11-10(13-12)14-8-4-7-9-5-2-1-3-6-9/h1-3,5-6H,8,12H2,(H2,11,13). The zero-order chi connectivity index (χ0) is 10.2. The van der Waals surface area contributed by atoms with Crippen LogP contribution in [0, 0.1) is 11.8 Å². The maximum Gasteiger partial charge on any atom is 0.178 e. The summed E-state index contributed by atoms with van der Waals surface area (Å²) in [6.07, 6.45) is 0. The Bertz CT molecular complexity index is 362. The van der Waals surface area contributed by atoms with E-state index in [0.29, 0.717) is 10.9 Å². The predicted molar refractivity (Wildman–Crippen MR) is 61.6 cm³/mol. The molecule has 0 aliphatic carbocycles. The van der Waals surface area contributed by atoms with Gasteiger partial charge in [0.25, 0.3) is 0 Å². The molecule has 4 heteroatoms. The summed E-state index contributed by atoms with van der Waals surface area (Å²) in [6, 6.07) is 9.77. The highest BCUT2D eigenvalue weighted by atomic mass is 32.2. The monoisotopic (exact) mass is 205 g/mol. The maximum absolute atomic E-state index is 5.37. The van der Waals surface area contributed by atoms with Crippen LogP contribution in [0.25, 0.3) is 0 Å². The van der Waals surface area contributed by atoms with Crippen molar-refractivity contribution in [1.82, 2.24) is 0 Å². The van der Waals surface area contributed by atoms with Gasteiger partial charge in [0, 0.05) is 5.56 Å². The van der Waals surface area contributed by atoms with E-state index in [2.05, 4.69) is 16.9 Å². The Morgan fingerprint density at radius 1 is 1.36 bits per heavy atom. The van der Waals surface area contributed by atoms with Crippen LogP contribution in [0.3, 0.4) is 0 Å². The molecule has 0 aliphatic heterocycles. The average molecular weight is 205 g/mol. The van der Waals surface area contributed by atoms with Gasteiger partial charge in [-0.1, -0.05) is 41.8 Å². The smallest absolute Gasteiger partial charge is 0.178 e. The highest BCUT2D eigenvalue weighted by Gasteiger charge is 1.88. The molecule has 3 nitrogen and oxygen atoms in total. The van der Waals surface area contributed by atoms with Gasteiger partial charge in [0.15, 0.2) is 5.17 Å². The molecular weight excluding hydrogens is 194 g/mol. The fraction of sp³-hybridized carbons (Fsp3) is 0.100. The summed E-state index contributed by atoms with van der Waals surface area (Å²) in [4.78, 5) is 0. The van der Waals surface area contributed by atoms with Crippen LogP contribution < -0.4 is 11.6 Å². The van der Waals surface area contributed by atoms with Gasteiger partial charge in [-0.2, -0.15) is 5.10 Å². The number of hydrogen-bond acceptors (Lipinski definition) is 3. The Kier molecular flexibility index (Phi) is 4.45. The second kappa shape index (κ2) is 5.95. The van der Waals surface area contributed by atoms with Crippen molar-refractivity contribution in [3.8, 4) is 11.8 Å². The molecule has 0 saturated heterocycles. The highest BCUT2D eigenvalue weighted by Crippen LogP contribution is 1.98. The van der Waals surface area contributed by atoms with Crippen molar-refractivity contribution in [2.45, 2.75) is 0 Å². The zero-order valence-electron chi connectivity index (χ0n) is 7.60. The van der Waals surface area contributed by atoms with Crippen LogP contribution in [0.15, 0.2) is 35.4 Å². The molecule has 0 saturated carbocycles. The number of hydrogen-bond donors (Lipinski definition) is 2. The van der Waals surface area contributed by atoms with Gasteiger partial charge in [0.2, 0.25) is 0 Å². The van der Waals surface area contributed by atoms with E-state index < -0.39 is 0 Å². The third-order valence-electron chi connectivity index (χ3n) is 1.43. The van der Waals surface area contributed by atoms with Crippen molar-refractivity contribution in [2.75, 3.05) is 5.75 Å². The second-order valence-corrected chi connectivity index (χ2v) is 3.42. The molecule has 0 spiro atoms. The lowest BCUT2D eigenvalue weighted by Gasteiger charge is -1.91. The van der Waals surface area contributed by atoms with Crippen molar-refractivity contribution in [1.29, 1.82) is 0 Å². The molecule has 0 radical (unpaired) electrons. The Morgan fingerprint density at radius 3 is 2.71 bits per heavy atom. The summed E-state index contributed by atoms with van der Waals surface area (Å²) < 4.78 is 0. The van der Waals surface area contributed by atoms with E-state index in [1.165, 1.54) is 11.8 Å². The van der Waals surface area contributed by atoms with E-state index >= 15 is 0 Å². The first-order chi connectivity index (χ1) is 6.83. The van der Waals surface area contributed by atoms with Crippen LogP contribution in [0.5, 0.6) is 0 Å². The molecule has 0 fully saturated rings. The van der Waals surface area contributed by atoms with E-state index in [4.69, 9.17) is 11.6 Å². The molecule has 0 atom stereocenters. The minimum absolute atomic E-state index is 0.354. The highest BCUT2D eigenvalue weighted by molar-refractivity contribution is 8.13. The third-order valence-corrected chi connectivity index (χ3v) is 2.12. The normalized spacial score (nSPS) is 10.4. The largest absolute Gasteiger partial charge is 0.377 e. The molecular formula is C10H11N3S. The van der Waals surface area contributed by atoms with E-state index in [1.807, 2.05) is 30.3 Å². The molecule has 0 heterocycles. The van der Waals surface area contributed by atoms with Gasteiger partial charge in [0.1, 0.15) is 0 Å². The lowest BCUT2D eigenvalue weighted by atomic mass is 10.2. The average Bonchev–Trinajstić information content (AvgIpc) is 2.25. The van der Waals surface area contributed by atoms with Crippen molar-refractivity contribution in [2.24, 2.45) is 16.7 Å². The molecule has 14 heavy (non-hydrogen) atoms. The Morgan fingerprint density at radius 2 is 2.07 bits per heavy atom. The molecule has 0 amide bonds. The fourth-order valence-electron chi connectivity index (χ4n) is 0.807. The molecule has 72 valence electrons. The molecule has 4 N–H and O–H groups in total. The van der Waals surface area contributed by atoms with Crippen molar-refractivity contribution in [3.05, 3.63) is 35.9 Å². The van der Waals surface area contributed by atoms with E-state index in [1.54, 1.807) is 0 Å². The summed E-state index contributed by atoms with van der Waals surface area (Å²) in [7, 11) is 0. The van der Waals surface area contributed by atoms with Crippen molar-refractivity contribution >= 4 is 16.9 Å². The van der Waals surface area contributed by atoms with Crippen LogP contribution in [-0.2, 0) is 0 Å². The summed E-state index contributed by atoms with van der Waals surface area (Å²) in [5, 5.41) is 3.68. The fourth-order valence-corrected chi connectivity index (χ4v) is 1.17. The number of nitrogens with zero attached hydrogens (tertiary/aromatic N) is 1. The first-order valence-electron chi connectivity index (χ1n) is 4.03. The first-order valence-corrected chi connectivity index (χ1v) is 5.01. The topological polar surface area (TPSA) is 64.4 Å². The molecule has 0 aliphatic rings. The lowest BCUT2D eigenvalue weighted by Crippen LogP contribution is -2.09. The first kappa shape index (κ1) is 10.5. The summed E-state index contributed by atoms with van der Waals surface area (Å²) in [5.74, 6) is 11.5. The van der Waals surface area contributed by atoms with Gasteiger partial charge >= 0.3 is 0 Å². The maximum atomic E-state index is 5.37. The number of thioether (sulfide) groups is 1. The molecule has 1 rings (SSSR count). The quantitative estimate of drug-likeness (QED) is 0.236. The molecule has 1 aromatic carbocycles. The number of benzene rings is 1. The Hall–Kier alpha value is -1.60. The molecule has 0 unspecified atom stereocenters. The van der Waals surface area contributed by atoms with E-state index in [0.717, 1.165) is 5.56 Å². The van der Waals surface area contributed by atoms with Gasteiger partial charge in [-0.3, -0.25) is 0 Å². The zero-order valence-corrected chi connectivity index (χ0v) is 8.42. The van der Waals surface area contributed by atoms with Gasteiger partial charge in [0.05, 0.1) is 5.75 Å². The minimum Gasteiger partial charge on any atom is -0.377 e. The van der Waals surface area contributed by atoms with E-state index in [9.17, 15) is 0 Å². The molecule has 1 aromatic rings. The summed E-state index contributed by atoms with van der Waals surface area (Å²) in [5.41, 5.74) is 6.37. The van der Waals surface area contributed by atoms with Crippen molar-refractivity contribution in [3.63, 3.8) is 0 Å². The lowest BCUT2D eigenvalue weighted by molar-refractivity contribution is 1.25. The number of nitrogens with two attached hydrogens (primary N) is 2. The Balaban J connectivity index is 2.42. The number of hydrazone groups is 1. The minimum atomic E-state index is 0.354. The van der Waals surface area contributed by atoms with Crippen LogP contribution in [-0.4, -0.2) is 10.9 Å². The summed E-state index contributed by atoms with van der Waals surface area (Å²) in [6.45, 7) is 0. The summed E-state index contributed by atoms with van der Waals surface area (Å²) >= 11 is 1.32. The van der Waals surface area contributed by atoms with E-state index in [-0.39, 0.29) is 0 Å². The SMILES string of the molecule is N/N=C(/N)SCC#Cc1ccccc1. The van der Waals surface area contributed by atoms with Gasteiger partial charge in [-0.25, -0.2) is 0 Å². The van der Waals surface area contributed by atoms with Crippen molar-refractivity contribution < 1.29 is 0 Å². The second-order valence-electron chi connectivity index (χ2n) is 2.42. The third kappa shape index (κ3) is 3.87. The Labute approximate surface area is 87.6 Å². The molecule has 0 bridgehead atoms. The van der Waals surface area contributed by atoms with Crippen LogP contribution in [0.2, 0.25) is 0 Å². The van der Waals surface area contributed by atoms with Gasteiger partial charge < -0.3 is 11.6 Å². The van der Waals surface area contributed by atoms with Crippen LogP contribution in [0.4, 0.5) is 0 Å². The van der Waals surface area contributed by atoms with Crippen LogP contribution >= 0.6 is 11.8 Å².